The van der Waals surface area contributed by atoms with Crippen LogP contribution in [0.2, 0.25) is 0 Å². The van der Waals surface area contributed by atoms with Crippen molar-refractivity contribution < 1.29 is 28.3 Å². The van der Waals surface area contributed by atoms with Crippen LogP contribution in [-0.4, -0.2) is 80.8 Å². The third-order valence-corrected chi connectivity index (χ3v) is 5.28. The predicted molar refractivity (Wildman–Crippen MR) is 120 cm³/mol. The highest BCUT2D eigenvalue weighted by Crippen LogP contribution is 2.44. The monoisotopic (exact) mass is 463 g/mol. The topological polar surface area (TPSA) is 120 Å². The summed E-state index contributed by atoms with van der Waals surface area (Å²) in [7, 11) is 7.18. The van der Waals surface area contributed by atoms with Gasteiger partial charge in [0.15, 0.2) is 17.4 Å². The Morgan fingerprint density at radius 1 is 0.848 bits per heavy atom. The van der Waals surface area contributed by atoms with E-state index in [-0.39, 0.29) is 41.1 Å². The second kappa shape index (κ2) is 9.69. The van der Waals surface area contributed by atoms with Crippen LogP contribution in [0, 0.1) is 11.6 Å². The average molecular weight is 463 g/mol. The van der Waals surface area contributed by atoms with Crippen molar-refractivity contribution in [3.63, 3.8) is 0 Å². The molecule has 11 heteroatoms. The van der Waals surface area contributed by atoms with Gasteiger partial charge in [0, 0.05) is 26.2 Å². The Hall–Kier alpha value is -3.28. The van der Waals surface area contributed by atoms with Crippen molar-refractivity contribution in [1.82, 2.24) is 9.80 Å². The molecule has 1 aliphatic carbocycles. The number of phenols is 1. The number of ketones is 2. The van der Waals surface area contributed by atoms with E-state index in [0.717, 1.165) is 6.07 Å². The maximum atomic E-state index is 15.2. The molecule has 9 nitrogen and oxygen atoms in total. The van der Waals surface area contributed by atoms with Crippen LogP contribution >= 0.6 is 0 Å². The number of carbonyl (C=O) groups is 2. The van der Waals surface area contributed by atoms with Crippen LogP contribution in [0.3, 0.4) is 0 Å². The summed E-state index contributed by atoms with van der Waals surface area (Å²) in [5, 5.41) is 15.8. The van der Waals surface area contributed by atoms with E-state index in [2.05, 4.69) is 10.6 Å². The molecular weight excluding hydrogens is 436 g/mol. The summed E-state index contributed by atoms with van der Waals surface area (Å²) in [5.41, 5.74) is -2.27. The number of likely N-dealkylation sites (N-methyl/N-ethyl adjacent to an activating group) is 2. The van der Waals surface area contributed by atoms with Gasteiger partial charge in [0.2, 0.25) is 11.6 Å². The lowest BCUT2D eigenvalue weighted by Crippen LogP contribution is -2.29. The molecule has 0 spiro atoms. The van der Waals surface area contributed by atoms with E-state index in [4.69, 9.17) is 10.7 Å². The molecule has 2 aromatic carbocycles. The number of phenolic OH excluding ortho intramolecular Hbond substituents is 1. The van der Waals surface area contributed by atoms with Crippen molar-refractivity contribution in [2.75, 3.05) is 65.0 Å². The molecular formula is C22H27F2N5O4. The van der Waals surface area contributed by atoms with E-state index >= 15 is 8.78 Å². The molecule has 0 amide bonds. The summed E-state index contributed by atoms with van der Waals surface area (Å²) >= 11 is 0. The van der Waals surface area contributed by atoms with Crippen molar-refractivity contribution in [3.8, 4) is 11.5 Å². The van der Waals surface area contributed by atoms with Gasteiger partial charge in [-0.2, -0.15) is 5.90 Å². The van der Waals surface area contributed by atoms with Crippen LogP contribution < -0.4 is 21.4 Å². The molecule has 0 aromatic heterocycles. The second-order valence-electron chi connectivity index (χ2n) is 8.20. The first kappa shape index (κ1) is 24.4. The minimum Gasteiger partial charge on any atom is -0.507 e. The number of benzene rings is 2. The van der Waals surface area contributed by atoms with Crippen molar-refractivity contribution >= 4 is 22.9 Å². The summed E-state index contributed by atoms with van der Waals surface area (Å²) in [4.78, 5) is 35.4. The number of halogens is 2. The van der Waals surface area contributed by atoms with Crippen LogP contribution in [-0.2, 0) is 0 Å². The van der Waals surface area contributed by atoms with E-state index < -0.39 is 40.3 Å². The van der Waals surface area contributed by atoms with Crippen LogP contribution in [0.5, 0.6) is 11.5 Å². The van der Waals surface area contributed by atoms with Gasteiger partial charge in [-0.25, -0.2) is 8.78 Å². The fourth-order valence-corrected chi connectivity index (χ4v) is 3.66. The molecule has 0 unspecified atom stereocenters. The van der Waals surface area contributed by atoms with Gasteiger partial charge >= 0.3 is 0 Å². The van der Waals surface area contributed by atoms with Gasteiger partial charge in [-0.1, -0.05) is 0 Å². The lowest BCUT2D eigenvalue weighted by molar-refractivity contribution is 0.0973. The van der Waals surface area contributed by atoms with Gasteiger partial charge in [-0.3, -0.25) is 9.59 Å². The van der Waals surface area contributed by atoms with Gasteiger partial charge in [0.25, 0.3) is 0 Å². The number of nitrogens with two attached hydrogens (primary N) is 1. The zero-order valence-electron chi connectivity index (χ0n) is 18.9. The molecule has 2 aromatic rings. The lowest BCUT2D eigenvalue weighted by Gasteiger charge is -2.26. The minimum atomic E-state index is -1.30. The summed E-state index contributed by atoms with van der Waals surface area (Å²) in [6.07, 6.45) is 0. The van der Waals surface area contributed by atoms with E-state index in [1.54, 1.807) is 28.2 Å². The largest absolute Gasteiger partial charge is 0.507 e. The number of carbonyl (C=O) groups excluding carboxylic acids is 2. The Morgan fingerprint density at radius 3 is 1.73 bits per heavy atom. The smallest absolute Gasteiger partial charge is 0.200 e. The Balaban J connectivity index is 2.26. The summed E-state index contributed by atoms with van der Waals surface area (Å²) in [5.74, 6) is 0.337. The summed E-state index contributed by atoms with van der Waals surface area (Å²) in [6.45, 7) is 1.26. The molecule has 0 aliphatic heterocycles. The highest BCUT2D eigenvalue weighted by atomic mass is 19.2. The van der Waals surface area contributed by atoms with E-state index in [9.17, 15) is 14.7 Å². The third kappa shape index (κ3) is 4.47. The van der Waals surface area contributed by atoms with Crippen molar-refractivity contribution in [2.24, 2.45) is 5.90 Å². The number of anilines is 2. The number of hydrogen-bond donors (Lipinski definition) is 4. The van der Waals surface area contributed by atoms with E-state index in [1.165, 1.54) is 6.07 Å². The normalized spacial score (nSPS) is 12.8. The predicted octanol–water partition coefficient (Wildman–Crippen LogP) is 1.65. The molecule has 0 heterocycles. The number of hydrogen-bond acceptors (Lipinski definition) is 9. The zero-order valence-corrected chi connectivity index (χ0v) is 18.9. The number of rotatable bonds is 9. The average Bonchev–Trinajstić information content (AvgIpc) is 2.75. The van der Waals surface area contributed by atoms with Gasteiger partial charge in [0.1, 0.15) is 5.75 Å². The number of nitrogens with one attached hydrogen (secondary N) is 2. The molecule has 0 saturated heterocycles. The van der Waals surface area contributed by atoms with Gasteiger partial charge in [-0.15, -0.1) is 0 Å². The number of fused-ring (bicyclic) bond motifs is 2. The van der Waals surface area contributed by atoms with Crippen molar-refractivity contribution in [1.29, 1.82) is 0 Å². The molecule has 0 bridgehead atoms. The van der Waals surface area contributed by atoms with Gasteiger partial charge in [0.05, 0.1) is 33.6 Å². The third-order valence-electron chi connectivity index (χ3n) is 5.28. The summed E-state index contributed by atoms with van der Waals surface area (Å²) < 4.78 is 30.4. The second-order valence-corrected chi connectivity index (χ2v) is 8.20. The van der Waals surface area contributed by atoms with E-state index in [1.807, 2.05) is 9.80 Å². The summed E-state index contributed by atoms with van der Waals surface area (Å²) in [6, 6.07) is 2.37. The first-order valence-corrected chi connectivity index (χ1v) is 10.2. The van der Waals surface area contributed by atoms with Gasteiger partial charge < -0.3 is 30.4 Å². The first-order chi connectivity index (χ1) is 15.6. The van der Waals surface area contributed by atoms with E-state index in [0.29, 0.717) is 13.1 Å². The highest BCUT2D eigenvalue weighted by Gasteiger charge is 2.41. The number of nitrogens with zero attached hydrogens (tertiary/aromatic N) is 2. The Labute approximate surface area is 190 Å². The Bertz CT molecular complexity index is 1110. The molecule has 0 radical (unpaired) electrons. The molecule has 178 valence electrons. The molecule has 5 N–H and O–H groups in total. The van der Waals surface area contributed by atoms with Crippen molar-refractivity contribution in [3.05, 3.63) is 46.0 Å². The maximum Gasteiger partial charge on any atom is 0.200 e. The molecule has 1 aliphatic rings. The van der Waals surface area contributed by atoms with Crippen molar-refractivity contribution in [2.45, 2.75) is 0 Å². The molecule has 0 saturated carbocycles. The molecule has 0 fully saturated rings. The highest BCUT2D eigenvalue weighted by molar-refractivity contribution is 6.33. The fourth-order valence-electron chi connectivity index (χ4n) is 3.66. The maximum absolute atomic E-state index is 15.2. The lowest BCUT2D eigenvalue weighted by atomic mass is 9.81. The van der Waals surface area contributed by atoms with Crippen LogP contribution in [0.25, 0.3) is 0 Å². The molecule has 0 atom stereocenters. The first-order valence-electron chi connectivity index (χ1n) is 10.2. The molecule has 33 heavy (non-hydrogen) atoms. The zero-order chi connectivity index (χ0) is 24.4. The minimum absolute atomic E-state index is 0.169. The fraction of sp³-hybridized carbons (Fsp3) is 0.364. The SMILES string of the molecule is CN(C)CCNc1c(F)c(F)c(NCCN(C)C)c2c1C(=O)c1c(O)ccc(ON)c1C2=O. The standard InChI is InChI=1S/C22H27F2N5O4/c1-28(2)9-7-26-19-15-16(20(18(24)17(19)23)27-8-10-29(3)4)22(32)14-12(33-25)6-5-11(30)13(14)21(15)31/h5-6,26-27,30H,7-10,25H2,1-4H3. The number of aromatic hydroxyl groups is 1. The Kier molecular flexibility index (Phi) is 7.15. The van der Waals surface area contributed by atoms with Crippen LogP contribution in [0.15, 0.2) is 12.1 Å². The van der Waals surface area contributed by atoms with Crippen LogP contribution in [0.1, 0.15) is 31.8 Å². The Morgan fingerprint density at radius 2 is 1.30 bits per heavy atom. The van der Waals surface area contributed by atoms with Crippen LogP contribution in [0.4, 0.5) is 20.2 Å². The van der Waals surface area contributed by atoms with Gasteiger partial charge in [-0.05, 0) is 40.3 Å². The quantitative estimate of drug-likeness (QED) is 0.351. The molecule has 3 rings (SSSR count).